The van der Waals surface area contributed by atoms with Crippen molar-refractivity contribution in [2.75, 3.05) is 26.2 Å². The summed E-state index contributed by atoms with van der Waals surface area (Å²) >= 11 is 1.68. The Labute approximate surface area is 114 Å². The monoisotopic (exact) mass is 291 g/mol. The zero-order chi connectivity index (χ0) is 13.5. The average Bonchev–Trinajstić information content (AvgIpc) is 2.80. The summed E-state index contributed by atoms with van der Waals surface area (Å²) in [6.07, 6.45) is -1.86. The Morgan fingerprint density at radius 3 is 2.74 bits per heavy atom. The van der Waals surface area contributed by atoms with Gasteiger partial charge in [-0.05, 0) is 36.3 Å². The van der Waals surface area contributed by atoms with Gasteiger partial charge < -0.3 is 4.74 Å². The standard InChI is InChI=1S/C13H16F3NOS/c14-13(15,16)9-17-5-3-12(4-6-17)11-10(1-7-18-12)2-8-19-11/h2,8H,1,3-7,9H2. The predicted octanol–water partition coefficient (Wildman–Crippen LogP) is 3.17. The van der Waals surface area contributed by atoms with Crippen molar-refractivity contribution >= 4 is 11.3 Å². The zero-order valence-corrected chi connectivity index (χ0v) is 11.3. The summed E-state index contributed by atoms with van der Waals surface area (Å²) in [4.78, 5) is 2.72. The Bertz CT molecular complexity index is 449. The number of rotatable bonds is 1. The van der Waals surface area contributed by atoms with Gasteiger partial charge in [-0.1, -0.05) is 0 Å². The molecule has 0 atom stereocenters. The van der Waals surface area contributed by atoms with E-state index in [0.717, 1.165) is 6.42 Å². The lowest BCUT2D eigenvalue weighted by molar-refractivity contribution is -0.160. The molecule has 0 amide bonds. The number of nitrogens with zero attached hydrogens (tertiary/aromatic N) is 1. The number of alkyl halides is 3. The number of piperidine rings is 1. The van der Waals surface area contributed by atoms with Gasteiger partial charge in [-0.15, -0.1) is 11.3 Å². The van der Waals surface area contributed by atoms with Crippen LogP contribution in [-0.2, 0) is 16.8 Å². The minimum atomic E-state index is -4.11. The molecular weight excluding hydrogens is 275 g/mol. The van der Waals surface area contributed by atoms with Crippen molar-refractivity contribution in [3.05, 3.63) is 21.9 Å². The van der Waals surface area contributed by atoms with E-state index >= 15 is 0 Å². The maximum Gasteiger partial charge on any atom is 0.401 e. The summed E-state index contributed by atoms with van der Waals surface area (Å²) in [5.74, 6) is 0. The second kappa shape index (κ2) is 4.75. The highest BCUT2D eigenvalue weighted by Gasteiger charge is 2.43. The molecule has 106 valence electrons. The fraction of sp³-hybridized carbons (Fsp3) is 0.692. The molecule has 6 heteroatoms. The van der Waals surface area contributed by atoms with Crippen LogP contribution in [0.3, 0.4) is 0 Å². The van der Waals surface area contributed by atoms with E-state index < -0.39 is 12.7 Å². The lowest BCUT2D eigenvalue weighted by atomic mass is 9.85. The van der Waals surface area contributed by atoms with Crippen LogP contribution in [0.25, 0.3) is 0 Å². The third kappa shape index (κ3) is 2.66. The quantitative estimate of drug-likeness (QED) is 0.788. The smallest absolute Gasteiger partial charge is 0.369 e. The predicted molar refractivity (Wildman–Crippen MR) is 67.4 cm³/mol. The van der Waals surface area contributed by atoms with Crippen molar-refractivity contribution in [2.45, 2.75) is 31.0 Å². The number of fused-ring (bicyclic) bond motifs is 2. The largest absolute Gasteiger partial charge is 0.401 e. The maximum absolute atomic E-state index is 12.4. The molecule has 0 bridgehead atoms. The van der Waals surface area contributed by atoms with Gasteiger partial charge in [-0.2, -0.15) is 13.2 Å². The van der Waals surface area contributed by atoms with Gasteiger partial charge in [-0.25, -0.2) is 0 Å². The number of ether oxygens (including phenoxy) is 1. The molecule has 1 aromatic heterocycles. The zero-order valence-electron chi connectivity index (χ0n) is 10.5. The van der Waals surface area contributed by atoms with Crippen molar-refractivity contribution in [3.63, 3.8) is 0 Å². The van der Waals surface area contributed by atoms with Crippen LogP contribution >= 0.6 is 11.3 Å². The van der Waals surface area contributed by atoms with Gasteiger partial charge in [0.25, 0.3) is 0 Å². The van der Waals surface area contributed by atoms with Gasteiger partial charge in [0.2, 0.25) is 0 Å². The first kappa shape index (κ1) is 13.4. The van der Waals surface area contributed by atoms with Crippen molar-refractivity contribution < 1.29 is 17.9 Å². The summed E-state index contributed by atoms with van der Waals surface area (Å²) in [5, 5.41) is 2.06. The van der Waals surface area contributed by atoms with E-state index in [1.165, 1.54) is 15.3 Å². The third-order valence-corrected chi connectivity index (χ3v) is 5.12. The first-order valence-electron chi connectivity index (χ1n) is 6.48. The number of hydrogen-bond acceptors (Lipinski definition) is 3. The Hall–Kier alpha value is -0.590. The molecule has 2 nitrogen and oxygen atoms in total. The average molecular weight is 291 g/mol. The van der Waals surface area contributed by atoms with Gasteiger partial charge in [0, 0.05) is 18.0 Å². The molecule has 0 unspecified atom stereocenters. The van der Waals surface area contributed by atoms with Crippen LogP contribution in [-0.4, -0.2) is 37.3 Å². The summed E-state index contributed by atoms with van der Waals surface area (Å²) in [6.45, 7) is 0.789. The highest BCUT2D eigenvalue weighted by atomic mass is 32.1. The van der Waals surface area contributed by atoms with Crippen LogP contribution in [0, 0.1) is 0 Å². The number of thiophene rings is 1. The Morgan fingerprint density at radius 2 is 2.05 bits per heavy atom. The van der Waals surface area contributed by atoms with Crippen LogP contribution in [0.15, 0.2) is 11.4 Å². The van der Waals surface area contributed by atoms with E-state index in [-0.39, 0.29) is 5.60 Å². The Balaban J connectivity index is 1.71. The topological polar surface area (TPSA) is 12.5 Å². The highest BCUT2D eigenvalue weighted by molar-refractivity contribution is 7.10. The second-order valence-electron chi connectivity index (χ2n) is 5.26. The van der Waals surface area contributed by atoms with E-state index in [1.54, 1.807) is 11.3 Å². The first-order valence-corrected chi connectivity index (χ1v) is 7.36. The SMILES string of the molecule is FC(F)(F)CN1CCC2(CC1)OCCc1ccsc12. The van der Waals surface area contributed by atoms with Gasteiger partial charge in [-0.3, -0.25) is 4.90 Å². The molecule has 1 fully saturated rings. The van der Waals surface area contributed by atoms with E-state index in [4.69, 9.17) is 4.74 Å². The van der Waals surface area contributed by atoms with Crippen molar-refractivity contribution in [2.24, 2.45) is 0 Å². The Kier molecular flexibility index (Phi) is 3.35. The third-order valence-electron chi connectivity index (χ3n) is 3.98. The molecule has 1 aromatic rings. The summed E-state index contributed by atoms with van der Waals surface area (Å²) in [7, 11) is 0. The van der Waals surface area contributed by atoms with E-state index in [9.17, 15) is 13.2 Å². The minimum absolute atomic E-state index is 0.316. The van der Waals surface area contributed by atoms with Crippen molar-refractivity contribution in [1.82, 2.24) is 4.90 Å². The van der Waals surface area contributed by atoms with Crippen LogP contribution in [0.2, 0.25) is 0 Å². The molecule has 19 heavy (non-hydrogen) atoms. The normalized spacial score (nSPS) is 23.5. The molecule has 0 N–H and O–H groups in total. The van der Waals surface area contributed by atoms with Gasteiger partial charge in [0.15, 0.2) is 0 Å². The molecule has 3 heterocycles. The van der Waals surface area contributed by atoms with Gasteiger partial charge >= 0.3 is 6.18 Å². The number of likely N-dealkylation sites (tertiary alicyclic amines) is 1. The van der Waals surface area contributed by atoms with Crippen molar-refractivity contribution in [1.29, 1.82) is 0 Å². The van der Waals surface area contributed by atoms with Crippen LogP contribution in [0.5, 0.6) is 0 Å². The van der Waals surface area contributed by atoms with Gasteiger partial charge in [0.05, 0.1) is 13.2 Å². The molecular formula is C13H16F3NOS. The molecule has 0 aliphatic carbocycles. The number of hydrogen-bond donors (Lipinski definition) is 0. The highest BCUT2D eigenvalue weighted by Crippen LogP contribution is 2.44. The van der Waals surface area contributed by atoms with Crippen LogP contribution in [0.1, 0.15) is 23.3 Å². The lowest BCUT2D eigenvalue weighted by Gasteiger charge is -2.43. The summed E-state index contributed by atoms with van der Waals surface area (Å²) in [6, 6.07) is 2.12. The van der Waals surface area contributed by atoms with E-state index in [0.29, 0.717) is 32.5 Å². The van der Waals surface area contributed by atoms with Crippen LogP contribution in [0.4, 0.5) is 13.2 Å². The maximum atomic E-state index is 12.4. The molecule has 2 aliphatic heterocycles. The molecule has 0 saturated carbocycles. The molecule has 0 aromatic carbocycles. The minimum Gasteiger partial charge on any atom is -0.369 e. The van der Waals surface area contributed by atoms with E-state index in [2.05, 4.69) is 11.4 Å². The molecule has 2 aliphatic rings. The van der Waals surface area contributed by atoms with Crippen molar-refractivity contribution in [3.8, 4) is 0 Å². The molecule has 3 rings (SSSR count). The van der Waals surface area contributed by atoms with Gasteiger partial charge in [0.1, 0.15) is 5.60 Å². The van der Waals surface area contributed by atoms with Crippen LogP contribution < -0.4 is 0 Å². The first-order chi connectivity index (χ1) is 8.99. The molecule has 0 radical (unpaired) electrons. The lowest BCUT2D eigenvalue weighted by Crippen LogP contribution is -2.48. The number of halogens is 3. The second-order valence-corrected chi connectivity index (χ2v) is 6.18. The summed E-state index contributed by atoms with van der Waals surface area (Å²) < 4.78 is 43.1. The fourth-order valence-corrected chi connectivity index (χ4v) is 4.22. The summed E-state index contributed by atoms with van der Waals surface area (Å²) in [5.41, 5.74) is 1.00. The Morgan fingerprint density at radius 1 is 1.32 bits per heavy atom. The fourth-order valence-electron chi connectivity index (χ4n) is 3.05. The molecule has 1 spiro atoms. The molecule has 1 saturated heterocycles. The van der Waals surface area contributed by atoms with E-state index in [1.807, 2.05) is 0 Å².